The molecule has 0 unspecified atom stereocenters. The quantitative estimate of drug-likeness (QED) is 0.444. The minimum absolute atomic E-state index is 0.0310. The van der Waals surface area contributed by atoms with Gasteiger partial charge in [0.05, 0.1) is 24.6 Å². The van der Waals surface area contributed by atoms with Crippen molar-refractivity contribution in [2.45, 2.75) is 31.9 Å². The standard InChI is InChI=1S/C24H21F3N6O2/c1-35-18-10-15(33-17-4-2-3-16(17)21-22(33)23(28)31-12-30-21)7-5-13(18)9-20(34)32-19-8-6-14(11-29-19)24(25,26)27/h5-8,10-12H,2-4,9H2,1H3,(H2,28,30,31)(H,29,32,34). The molecule has 11 heteroatoms. The van der Waals surface area contributed by atoms with Crippen LogP contribution in [0.15, 0.2) is 42.9 Å². The van der Waals surface area contributed by atoms with Crippen molar-refractivity contribution in [1.82, 2.24) is 19.5 Å². The molecule has 1 aliphatic carbocycles. The van der Waals surface area contributed by atoms with E-state index in [4.69, 9.17) is 10.5 Å². The molecule has 4 aromatic rings. The zero-order valence-electron chi connectivity index (χ0n) is 18.7. The SMILES string of the molecule is COc1cc(-n2c3c(c4ncnc(N)c42)CCC3)ccc1CC(=O)Nc1ccc(C(F)(F)F)cn1. The maximum atomic E-state index is 12.7. The zero-order chi connectivity index (χ0) is 24.7. The number of halogens is 3. The van der Waals surface area contributed by atoms with Crippen molar-refractivity contribution in [3.05, 3.63) is 65.2 Å². The van der Waals surface area contributed by atoms with E-state index in [0.717, 1.165) is 53.8 Å². The number of pyridine rings is 1. The second-order valence-corrected chi connectivity index (χ2v) is 8.22. The molecular formula is C24H21F3N6O2. The highest BCUT2D eigenvalue weighted by atomic mass is 19.4. The molecule has 0 aliphatic heterocycles. The van der Waals surface area contributed by atoms with Gasteiger partial charge in [-0.15, -0.1) is 0 Å². The Labute approximate surface area is 198 Å². The number of nitrogens with one attached hydrogen (secondary N) is 1. The number of hydrogen-bond donors (Lipinski definition) is 2. The topological polar surface area (TPSA) is 108 Å². The molecule has 0 bridgehead atoms. The molecule has 35 heavy (non-hydrogen) atoms. The lowest BCUT2D eigenvalue weighted by Gasteiger charge is -2.15. The van der Waals surface area contributed by atoms with Gasteiger partial charge in [-0.3, -0.25) is 4.79 Å². The molecule has 180 valence electrons. The van der Waals surface area contributed by atoms with Gasteiger partial charge in [0.25, 0.3) is 0 Å². The minimum atomic E-state index is -4.49. The first-order valence-corrected chi connectivity index (χ1v) is 10.9. The van der Waals surface area contributed by atoms with Crippen molar-refractivity contribution in [2.75, 3.05) is 18.2 Å². The van der Waals surface area contributed by atoms with Crippen LogP contribution in [0, 0.1) is 0 Å². The Balaban J connectivity index is 1.42. The molecule has 1 amide bonds. The van der Waals surface area contributed by atoms with E-state index < -0.39 is 17.6 Å². The average molecular weight is 482 g/mol. The van der Waals surface area contributed by atoms with Crippen LogP contribution in [0.5, 0.6) is 5.75 Å². The Kier molecular flexibility index (Phi) is 5.54. The molecule has 3 heterocycles. The number of methoxy groups -OCH3 is 1. The lowest BCUT2D eigenvalue weighted by atomic mass is 10.1. The predicted molar refractivity (Wildman–Crippen MR) is 123 cm³/mol. The first kappa shape index (κ1) is 22.6. The summed E-state index contributed by atoms with van der Waals surface area (Å²) in [5.41, 5.74) is 10.6. The lowest BCUT2D eigenvalue weighted by molar-refractivity contribution is -0.137. The van der Waals surface area contributed by atoms with Crippen LogP contribution >= 0.6 is 0 Å². The van der Waals surface area contributed by atoms with E-state index in [0.29, 0.717) is 23.3 Å². The summed E-state index contributed by atoms with van der Waals surface area (Å²) in [6, 6.07) is 7.45. The molecule has 3 aromatic heterocycles. The van der Waals surface area contributed by atoms with Crippen molar-refractivity contribution in [3.63, 3.8) is 0 Å². The second-order valence-electron chi connectivity index (χ2n) is 8.22. The summed E-state index contributed by atoms with van der Waals surface area (Å²) < 4.78 is 45.7. The first-order valence-electron chi connectivity index (χ1n) is 10.9. The summed E-state index contributed by atoms with van der Waals surface area (Å²) in [6.45, 7) is 0. The molecule has 0 spiro atoms. The number of nitrogens with two attached hydrogens (primary N) is 1. The third-order valence-corrected chi connectivity index (χ3v) is 6.06. The van der Waals surface area contributed by atoms with Gasteiger partial charge < -0.3 is 20.4 Å². The average Bonchev–Trinajstić information content (AvgIpc) is 3.41. The maximum Gasteiger partial charge on any atom is 0.417 e. The van der Waals surface area contributed by atoms with Gasteiger partial charge in [-0.1, -0.05) is 6.07 Å². The van der Waals surface area contributed by atoms with Crippen molar-refractivity contribution in [2.24, 2.45) is 0 Å². The van der Waals surface area contributed by atoms with Gasteiger partial charge in [0, 0.05) is 29.2 Å². The van der Waals surface area contributed by atoms with Crippen LogP contribution in [0.1, 0.15) is 28.8 Å². The Bertz CT molecular complexity index is 1430. The predicted octanol–water partition coefficient (Wildman–Crippen LogP) is 4.10. The molecule has 0 radical (unpaired) electrons. The van der Waals surface area contributed by atoms with E-state index in [9.17, 15) is 18.0 Å². The fourth-order valence-corrected chi connectivity index (χ4v) is 4.50. The zero-order valence-corrected chi connectivity index (χ0v) is 18.7. The van der Waals surface area contributed by atoms with Crippen molar-refractivity contribution in [3.8, 4) is 11.4 Å². The van der Waals surface area contributed by atoms with Gasteiger partial charge >= 0.3 is 6.18 Å². The third-order valence-electron chi connectivity index (χ3n) is 6.06. The number of hydrogen-bond acceptors (Lipinski definition) is 6. The van der Waals surface area contributed by atoms with Gasteiger partial charge in [-0.25, -0.2) is 15.0 Å². The molecule has 0 fully saturated rings. The van der Waals surface area contributed by atoms with Gasteiger partial charge in [0.2, 0.25) is 5.91 Å². The number of aryl methyl sites for hydroxylation is 1. The molecule has 5 rings (SSSR count). The Hall–Kier alpha value is -4.15. The number of nitrogen functional groups attached to an aromatic ring is 1. The van der Waals surface area contributed by atoms with Crippen LogP contribution in [0.3, 0.4) is 0 Å². The largest absolute Gasteiger partial charge is 0.496 e. The van der Waals surface area contributed by atoms with Crippen LogP contribution < -0.4 is 15.8 Å². The highest BCUT2D eigenvalue weighted by Gasteiger charge is 2.30. The maximum absolute atomic E-state index is 12.7. The Morgan fingerprint density at radius 1 is 1.17 bits per heavy atom. The summed E-state index contributed by atoms with van der Waals surface area (Å²) in [5.74, 6) is 0.467. The van der Waals surface area contributed by atoms with Crippen molar-refractivity contribution in [1.29, 1.82) is 0 Å². The third kappa shape index (κ3) is 4.13. The molecule has 0 atom stereocenters. The number of rotatable bonds is 5. The van der Waals surface area contributed by atoms with E-state index in [1.807, 2.05) is 16.7 Å². The fraction of sp³-hybridized carbons (Fsp3) is 0.250. The first-order chi connectivity index (χ1) is 16.8. The Morgan fingerprint density at radius 2 is 2.00 bits per heavy atom. The summed E-state index contributed by atoms with van der Waals surface area (Å²) in [7, 11) is 1.51. The molecule has 1 aromatic carbocycles. The van der Waals surface area contributed by atoms with Gasteiger partial charge in [-0.05, 0) is 43.0 Å². The fourth-order valence-electron chi connectivity index (χ4n) is 4.50. The number of fused-ring (bicyclic) bond motifs is 3. The molecule has 1 aliphatic rings. The van der Waals surface area contributed by atoms with Crippen molar-refractivity contribution < 1.29 is 22.7 Å². The summed E-state index contributed by atoms with van der Waals surface area (Å²) in [5, 5.41) is 2.52. The number of carbonyl (C=O) groups excluding carboxylic acids is 1. The number of alkyl halides is 3. The monoisotopic (exact) mass is 482 g/mol. The molecular weight excluding hydrogens is 461 g/mol. The summed E-state index contributed by atoms with van der Waals surface area (Å²) in [4.78, 5) is 24.8. The van der Waals surface area contributed by atoms with Crippen LogP contribution in [-0.2, 0) is 30.2 Å². The van der Waals surface area contributed by atoms with E-state index in [2.05, 4.69) is 20.3 Å². The highest BCUT2D eigenvalue weighted by molar-refractivity contribution is 5.93. The summed E-state index contributed by atoms with van der Waals surface area (Å²) >= 11 is 0. The number of amides is 1. The van der Waals surface area contributed by atoms with Crippen LogP contribution in [0.4, 0.5) is 24.8 Å². The smallest absolute Gasteiger partial charge is 0.417 e. The van der Waals surface area contributed by atoms with Crippen LogP contribution in [0.2, 0.25) is 0 Å². The van der Waals surface area contributed by atoms with Crippen LogP contribution in [-0.4, -0.2) is 32.5 Å². The number of ether oxygens (including phenoxy) is 1. The lowest BCUT2D eigenvalue weighted by Crippen LogP contribution is -2.16. The number of nitrogens with zero attached hydrogens (tertiary/aromatic N) is 4. The van der Waals surface area contributed by atoms with Gasteiger partial charge in [0.1, 0.15) is 23.4 Å². The minimum Gasteiger partial charge on any atom is -0.496 e. The van der Waals surface area contributed by atoms with E-state index in [1.165, 1.54) is 19.0 Å². The van der Waals surface area contributed by atoms with Crippen molar-refractivity contribution >= 4 is 28.6 Å². The van der Waals surface area contributed by atoms with E-state index >= 15 is 0 Å². The number of aromatic nitrogens is 4. The van der Waals surface area contributed by atoms with E-state index in [1.54, 1.807) is 6.07 Å². The Morgan fingerprint density at radius 3 is 2.71 bits per heavy atom. The number of carbonyl (C=O) groups is 1. The normalized spacial score (nSPS) is 13.1. The van der Waals surface area contributed by atoms with Gasteiger partial charge in [-0.2, -0.15) is 13.2 Å². The second kappa shape index (κ2) is 8.57. The molecule has 0 saturated heterocycles. The van der Waals surface area contributed by atoms with Crippen LogP contribution in [0.25, 0.3) is 16.7 Å². The highest BCUT2D eigenvalue weighted by Crippen LogP contribution is 2.37. The molecule has 8 nitrogen and oxygen atoms in total. The number of anilines is 2. The molecule has 3 N–H and O–H groups in total. The number of benzene rings is 1. The molecule has 0 saturated carbocycles. The summed E-state index contributed by atoms with van der Waals surface area (Å²) in [6.07, 6.45) is 0.432. The van der Waals surface area contributed by atoms with E-state index in [-0.39, 0.29) is 12.2 Å². The van der Waals surface area contributed by atoms with Gasteiger partial charge in [0.15, 0.2) is 5.82 Å².